The Morgan fingerprint density at radius 3 is 2.94 bits per heavy atom. The standard InChI is InChI=1S/C11H12BrN3O2/c1-3-5-8(4-2)14-11-9(12)6-13-7-10(11)15(16)17/h1,6-8H,4-5H2,2H3,(H,13,14). The van der Waals surface area contributed by atoms with E-state index in [2.05, 4.69) is 32.2 Å². The van der Waals surface area contributed by atoms with E-state index in [-0.39, 0.29) is 11.7 Å². The maximum absolute atomic E-state index is 10.9. The highest BCUT2D eigenvalue weighted by molar-refractivity contribution is 9.10. The van der Waals surface area contributed by atoms with E-state index < -0.39 is 4.92 Å². The average Bonchev–Trinajstić information content (AvgIpc) is 2.30. The number of aromatic nitrogens is 1. The Morgan fingerprint density at radius 1 is 1.71 bits per heavy atom. The molecule has 1 N–H and O–H groups in total. The molecule has 1 rings (SSSR count). The topological polar surface area (TPSA) is 68.1 Å². The Kier molecular flexibility index (Phi) is 4.91. The molecule has 0 saturated heterocycles. The van der Waals surface area contributed by atoms with E-state index in [0.717, 1.165) is 6.42 Å². The second kappa shape index (κ2) is 6.21. The number of pyridine rings is 1. The first kappa shape index (κ1) is 13.5. The first-order valence-corrected chi connectivity index (χ1v) is 5.87. The molecule has 0 amide bonds. The number of nitrogens with zero attached hydrogens (tertiary/aromatic N) is 2. The van der Waals surface area contributed by atoms with Gasteiger partial charge in [0.05, 0.1) is 9.40 Å². The van der Waals surface area contributed by atoms with Gasteiger partial charge >= 0.3 is 5.69 Å². The van der Waals surface area contributed by atoms with Crippen molar-refractivity contribution >= 4 is 27.3 Å². The Balaban J connectivity index is 3.04. The molecule has 1 unspecified atom stereocenters. The number of anilines is 1. The van der Waals surface area contributed by atoms with Gasteiger partial charge in [-0.3, -0.25) is 15.1 Å². The van der Waals surface area contributed by atoms with Gasteiger partial charge in [0.15, 0.2) is 0 Å². The van der Waals surface area contributed by atoms with E-state index in [4.69, 9.17) is 6.42 Å². The monoisotopic (exact) mass is 297 g/mol. The van der Waals surface area contributed by atoms with Crippen molar-refractivity contribution < 1.29 is 4.92 Å². The van der Waals surface area contributed by atoms with Crippen LogP contribution in [0.2, 0.25) is 0 Å². The zero-order valence-corrected chi connectivity index (χ0v) is 10.9. The minimum atomic E-state index is -0.470. The van der Waals surface area contributed by atoms with Crippen LogP contribution in [0.25, 0.3) is 0 Å². The molecular weight excluding hydrogens is 286 g/mol. The van der Waals surface area contributed by atoms with Crippen LogP contribution in [-0.4, -0.2) is 15.9 Å². The van der Waals surface area contributed by atoms with Crippen LogP contribution in [0.1, 0.15) is 19.8 Å². The van der Waals surface area contributed by atoms with Gasteiger partial charge in [-0.15, -0.1) is 12.3 Å². The summed E-state index contributed by atoms with van der Waals surface area (Å²) in [6.45, 7) is 1.97. The van der Waals surface area contributed by atoms with Crippen LogP contribution in [-0.2, 0) is 0 Å². The van der Waals surface area contributed by atoms with E-state index in [0.29, 0.717) is 16.6 Å². The number of hydrogen-bond acceptors (Lipinski definition) is 4. The number of terminal acetylenes is 1. The molecule has 90 valence electrons. The predicted molar refractivity (Wildman–Crippen MR) is 69.7 cm³/mol. The van der Waals surface area contributed by atoms with Crippen LogP contribution in [0.5, 0.6) is 0 Å². The van der Waals surface area contributed by atoms with Crippen LogP contribution in [0, 0.1) is 22.5 Å². The zero-order chi connectivity index (χ0) is 12.8. The van der Waals surface area contributed by atoms with Gasteiger partial charge in [0.2, 0.25) is 0 Å². The molecule has 1 aromatic heterocycles. The van der Waals surface area contributed by atoms with Crippen LogP contribution >= 0.6 is 15.9 Å². The van der Waals surface area contributed by atoms with Crippen molar-refractivity contribution in [2.24, 2.45) is 0 Å². The summed E-state index contributed by atoms with van der Waals surface area (Å²) in [6.07, 6.45) is 9.28. The first-order valence-electron chi connectivity index (χ1n) is 5.08. The number of nitro groups is 1. The fraction of sp³-hybridized carbons (Fsp3) is 0.364. The van der Waals surface area contributed by atoms with Crippen molar-refractivity contribution in [1.82, 2.24) is 4.98 Å². The Bertz CT molecular complexity index is 457. The van der Waals surface area contributed by atoms with Crippen molar-refractivity contribution in [3.8, 4) is 12.3 Å². The molecular formula is C11H12BrN3O2. The number of rotatable bonds is 5. The number of halogens is 1. The van der Waals surface area contributed by atoms with Gasteiger partial charge in [-0.1, -0.05) is 6.92 Å². The Hall–Kier alpha value is -1.61. The fourth-order valence-corrected chi connectivity index (χ4v) is 1.79. The summed E-state index contributed by atoms with van der Waals surface area (Å²) >= 11 is 3.24. The molecule has 0 fully saturated rings. The minimum Gasteiger partial charge on any atom is -0.375 e. The van der Waals surface area contributed by atoms with E-state index in [1.807, 2.05) is 6.92 Å². The zero-order valence-electron chi connectivity index (χ0n) is 9.31. The maximum atomic E-state index is 10.9. The lowest BCUT2D eigenvalue weighted by Crippen LogP contribution is -2.18. The third kappa shape index (κ3) is 3.43. The quantitative estimate of drug-likeness (QED) is 0.515. The lowest BCUT2D eigenvalue weighted by molar-refractivity contribution is -0.384. The van der Waals surface area contributed by atoms with E-state index in [9.17, 15) is 10.1 Å². The van der Waals surface area contributed by atoms with Crippen molar-refractivity contribution in [3.05, 3.63) is 27.0 Å². The Labute approximate surface area is 108 Å². The molecule has 1 heterocycles. The molecule has 0 aliphatic rings. The molecule has 6 heteroatoms. The summed E-state index contributed by atoms with van der Waals surface area (Å²) in [5.74, 6) is 2.54. The van der Waals surface area contributed by atoms with Gasteiger partial charge < -0.3 is 5.32 Å². The van der Waals surface area contributed by atoms with Gasteiger partial charge in [-0.2, -0.15) is 0 Å². The lowest BCUT2D eigenvalue weighted by atomic mass is 10.1. The molecule has 0 aromatic carbocycles. The SMILES string of the molecule is C#CCC(CC)Nc1c(Br)cncc1[N+](=O)[O-]. The molecule has 17 heavy (non-hydrogen) atoms. The van der Waals surface area contributed by atoms with Crippen molar-refractivity contribution in [2.75, 3.05) is 5.32 Å². The summed E-state index contributed by atoms with van der Waals surface area (Å²) in [5, 5.41) is 13.9. The van der Waals surface area contributed by atoms with Gasteiger partial charge in [0, 0.05) is 18.7 Å². The fourth-order valence-electron chi connectivity index (χ4n) is 1.35. The summed E-state index contributed by atoms with van der Waals surface area (Å²) in [5.41, 5.74) is 0.363. The highest BCUT2D eigenvalue weighted by Gasteiger charge is 2.19. The third-order valence-electron chi connectivity index (χ3n) is 2.28. The highest BCUT2D eigenvalue weighted by Crippen LogP contribution is 2.32. The molecule has 1 atom stereocenters. The van der Waals surface area contributed by atoms with Crippen LogP contribution in [0.4, 0.5) is 11.4 Å². The van der Waals surface area contributed by atoms with E-state index in [1.165, 1.54) is 12.4 Å². The molecule has 5 nitrogen and oxygen atoms in total. The molecule has 0 spiro atoms. The number of hydrogen-bond donors (Lipinski definition) is 1. The molecule has 0 radical (unpaired) electrons. The molecule has 0 aliphatic carbocycles. The van der Waals surface area contributed by atoms with E-state index >= 15 is 0 Å². The van der Waals surface area contributed by atoms with E-state index in [1.54, 1.807) is 0 Å². The summed E-state index contributed by atoms with van der Waals surface area (Å²) < 4.78 is 0.558. The van der Waals surface area contributed by atoms with Crippen LogP contribution in [0.3, 0.4) is 0 Å². The maximum Gasteiger partial charge on any atom is 0.311 e. The predicted octanol–water partition coefficient (Wildman–Crippen LogP) is 2.97. The van der Waals surface area contributed by atoms with Crippen LogP contribution in [0.15, 0.2) is 16.9 Å². The van der Waals surface area contributed by atoms with Crippen LogP contribution < -0.4 is 5.32 Å². The van der Waals surface area contributed by atoms with Gasteiger partial charge in [0.25, 0.3) is 0 Å². The van der Waals surface area contributed by atoms with Gasteiger partial charge in [-0.25, -0.2) is 0 Å². The Morgan fingerprint density at radius 2 is 2.41 bits per heavy atom. The second-order valence-corrected chi connectivity index (χ2v) is 4.28. The second-order valence-electron chi connectivity index (χ2n) is 3.43. The summed E-state index contributed by atoms with van der Waals surface area (Å²) in [7, 11) is 0. The number of nitrogens with one attached hydrogen (secondary N) is 1. The third-order valence-corrected chi connectivity index (χ3v) is 2.88. The molecule has 0 aliphatic heterocycles. The largest absolute Gasteiger partial charge is 0.375 e. The average molecular weight is 298 g/mol. The molecule has 0 bridgehead atoms. The van der Waals surface area contributed by atoms with Crippen molar-refractivity contribution in [1.29, 1.82) is 0 Å². The summed E-state index contributed by atoms with van der Waals surface area (Å²) in [6, 6.07) is 0.0115. The smallest absolute Gasteiger partial charge is 0.311 e. The molecule has 1 aromatic rings. The molecule has 0 saturated carbocycles. The van der Waals surface area contributed by atoms with Gasteiger partial charge in [-0.05, 0) is 22.4 Å². The minimum absolute atomic E-state index is 0.0115. The first-order chi connectivity index (χ1) is 8.10. The van der Waals surface area contributed by atoms with Crippen molar-refractivity contribution in [2.45, 2.75) is 25.8 Å². The summed E-state index contributed by atoms with van der Waals surface area (Å²) in [4.78, 5) is 14.2. The highest BCUT2D eigenvalue weighted by atomic mass is 79.9. The normalized spacial score (nSPS) is 11.6. The van der Waals surface area contributed by atoms with Gasteiger partial charge in [0.1, 0.15) is 11.9 Å². The lowest BCUT2D eigenvalue weighted by Gasteiger charge is -2.16. The van der Waals surface area contributed by atoms with Crippen molar-refractivity contribution in [3.63, 3.8) is 0 Å².